The third kappa shape index (κ3) is 4.40. The fraction of sp³-hybridized carbons (Fsp3) is 0. The molecular weight excluding hydrogens is 425 g/mol. The molecule has 0 unspecified atom stereocenters. The van der Waals surface area contributed by atoms with E-state index < -0.39 is 4.92 Å². The van der Waals surface area contributed by atoms with Crippen molar-refractivity contribution in [2.45, 2.75) is 0 Å². The van der Waals surface area contributed by atoms with Gasteiger partial charge >= 0.3 is 0 Å². The van der Waals surface area contributed by atoms with E-state index in [2.05, 4.69) is 9.98 Å². The van der Waals surface area contributed by atoms with E-state index in [1.807, 2.05) is 6.07 Å². The molecule has 0 aliphatic heterocycles. The molecule has 148 valence electrons. The molecule has 8 heteroatoms. The normalized spacial score (nSPS) is 11.7. The van der Waals surface area contributed by atoms with E-state index in [0.29, 0.717) is 38.3 Å². The molecule has 6 nitrogen and oxygen atoms in total. The van der Waals surface area contributed by atoms with E-state index in [1.165, 1.54) is 12.1 Å². The first-order chi connectivity index (χ1) is 14.5. The zero-order chi connectivity index (χ0) is 21.1. The van der Waals surface area contributed by atoms with Crippen molar-refractivity contribution < 1.29 is 9.34 Å². The average molecular weight is 438 g/mol. The highest BCUT2D eigenvalue weighted by Crippen LogP contribution is 2.33. The zero-order valence-corrected chi connectivity index (χ0v) is 16.8. The Morgan fingerprint density at radius 2 is 1.83 bits per heavy atom. The third-order valence-electron chi connectivity index (χ3n) is 4.23. The first-order valence-electron chi connectivity index (χ1n) is 8.81. The summed E-state index contributed by atoms with van der Waals surface area (Å²) < 4.78 is 5.79. The van der Waals surface area contributed by atoms with Gasteiger partial charge in [-0.1, -0.05) is 29.3 Å². The number of allylic oxidation sites excluding steroid dienone is 1. The third-order valence-corrected chi connectivity index (χ3v) is 4.80. The molecule has 1 aromatic heterocycles. The van der Waals surface area contributed by atoms with Crippen LogP contribution in [0.4, 0.5) is 11.4 Å². The maximum atomic E-state index is 10.7. The van der Waals surface area contributed by atoms with Crippen LogP contribution in [-0.2, 0) is 0 Å². The highest BCUT2D eigenvalue weighted by molar-refractivity contribution is 6.35. The second-order valence-corrected chi connectivity index (χ2v) is 7.12. The van der Waals surface area contributed by atoms with E-state index in [0.717, 1.165) is 5.56 Å². The zero-order valence-electron chi connectivity index (χ0n) is 15.3. The van der Waals surface area contributed by atoms with Gasteiger partial charge in [0.1, 0.15) is 5.52 Å². The molecule has 0 saturated heterocycles. The Kier molecular flexibility index (Phi) is 5.61. The van der Waals surface area contributed by atoms with E-state index in [9.17, 15) is 10.1 Å². The van der Waals surface area contributed by atoms with Crippen LogP contribution in [0, 0.1) is 10.1 Å². The van der Waals surface area contributed by atoms with Crippen molar-refractivity contribution in [3.8, 4) is 11.5 Å². The van der Waals surface area contributed by atoms with Crippen LogP contribution in [0.25, 0.3) is 28.6 Å². The maximum absolute atomic E-state index is 10.7. The van der Waals surface area contributed by atoms with Gasteiger partial charge in [-0.3, -0.25) is 15.1 Å². The molecule has 0 radical (unpaired) electrons. The molecular formula is C22H13Cl2N3O3. The van der Waals surface area contributed by atoms with Gasteiger partial charge in [0, 0.05) is 23.4 Å². The van der Waals surface area contributed by atoms with E-state index >= 15 is 0 Å². The number of rotatable bonds is 5. The van der Waals surface area contributed by atoms with Gasteiger partial charge in [0.2, 0.25) is 5.89 Å². The van der Waals surface area contributed by atoms with E-state index in [4.69, 9.17) is 27.6 Å². The lowest BCUT2D eigenvalue weighted by Crippen LogP contribution is -1.86. The number of oxazole rings is 1. The molecule has 0 atom stereocenters. The first-order valence-corrected chi connectivity index (χ1v) is 9.56. The van der Waals surface area contributed by atoms with Gasteiger partial charge in [0.25, 0.3) is 5.69 Å². The highest BCUT2D eigenvalue weighted by Gasteiger charge is 2.12. The first kappa shape index (κ1) is 19.8. The Balaban J connectivity index is 1.52. The topological polar surface area (TPSA) is 81.5 Å². The maximum Gasteiger partial charge on any atom is 0.269 e. The predicted octanol–water partition coefficient (Wildman–Crippen LogP) is 7.13. The SMILES string of the molecule is O=[N+]([O-])c1ccc(C=CC=Nc2ccc3oc(-c4cc(Cl)ccc4Cl)nc3c2)cc1. The van der Waals surface area contributed by atoms with Crippen molar-refractivity contribution in [3.63, 3.8) is 0 Å². The molecule has 30 heavy (non-hydrogen) atoms. The van der Waals surface area contributed by atoms with Gasteiger partial charge in [0.05, 0.1) is 21.2 Å². The Morgan fingerprint density at radius 1 is 1.03 bits per heavy atom. The largest absolute Gasteiger partial charge is 0.436 e. The summed E-state index contributed by atoms with van der Waals surface area (Å²) in [6.45, 7) is 0. The van der Waals surface area contributed by atoms with Crippen LogP contribution in [0.3, 0.4) is 0 Å². The quantitative estimate of drug-likeness (QED) is 0.189. The summed E-state index contributed by atoms with van der Waals surface area (Å²) in [7, 11) is 0. The van der Waals surface area contributed by atoms with Gasteiger partial charge < -0.3 is 4.42 Å². The molecule has 0 saturated carbocycles. The van der Waals surface area contributed by atoms with Crippen molar-refractivity contribution in [1.82, 2.24) is 4.98 Å². The van der Waals surface area contributed by atoms with Crippen LogP contribution in [-0.4, -0.2) is 16.1 Å². The van der Waals surface area contributed by atoms with Gasteiger partial charge in [-0.2, -0.15) is 0 Å². The summed E-state index contributed by atoms with van der Waals surface area (Å²) >= 11 is 12.3. The molecule has 0 fully saturated rings. The number of nitrogens with zero attached hydrogens (tertiary/aromatic N) is 3. The minimum atomic E-state index is -0.430. The van der Waals surface area contributed by atoms with Gasteiger partial charge in [-0.05, 0) is 60.2 Å². The molecule has 4 rings (SSSR count). The molecule has 4 aromatic rings. The van der Waals surface area contributed by atoms with Crippen molar-refractivity contribution in [2.24, 2.45) is 4.99 Å². The standard InChI is InChI=1S/C22H13Cl2N3O3/c23-15-5-9-19(24)18(12-15)22-26-20-13-16(6-10-21(20)30-22)25-11-1-2-14-3-7-17(8-4-14)27(28)29/h1-13H. The van der Waals surface area contributed by atoms with Crippen LogP contribution in [0.5, 0.6) is 0 Å². The van der Waals surface area contributed by atoms with Crippen LogP contribution in [0.15, 0.2) is 76.1 Å². The van der Waals surface area contributed by atoms with Crippen molar-refractivity contribution >= 4 is 58.0 Å². The molecule has 0 aliphatic rings. The van der Waals surface area contributed by atoms with Gasteiger partial charge in [0.15, 0.2) is 5.58 Å². The van der Waals surface area contributed by atoms with Crippen LogP contribution in [0.1, 0.15) is 5.56 Å². The second kappa shape index (κ2) is 8.49. The predicted molar refractivity (Wildman–Crippen MR) is 120 cm³/mol. The fourth-order valence-electron chi connectivity index (χ4n) is 2.76. The minimum Gasteiger partial charge on any atom is -0.436 e. The number of nitro groups is 1. The van der Waals surface area contributed by atoms with Crippen molar-refractivity contribution in [1.29, 1.82) is 0 Å². The number of nitro benzene ring substituents is 1. The molecule has 0 amide bonds. The Hall–Kier alpha value is -3.48. The molecule has 3 aromatic carbocycles. The molecule has 0 aliphatic carbocycles. The average Bonchev–Trinajstić information content (AvgIpc) is 3.16. The number of benzene rings is 3. The Bertz CT molecular complexity index is 1290. The monoisotopic (exact) mass is 437 g/mol. The number of hydrogen-bond acceptors (Lipinski definition) is 5. The van der Waals surface area contributed by atoms with Crippen LogP contribution < -0.4 is 0 Å². The molecule has 1 heterocycles. The van der Waals surface area contributed by atoms with Crippen LogP contribution >= 0.6 is 23.2 Å². The Morgan fingerprint density at radius 3 is 2.60 bits per heavy atom. The van der Waals surface area contributed by atoms with E-state index in [-0.39, 0.29) is 5.69 Å². The lowest BCUT2D eigenvalue weighted by atomic mass is 10.2. The lowest BCUT2D eigenvalue weighted by molar-refractivity contribution is -0.384. The summed E-state index contributed by atoms with van der Waals surface area (Å²) in [6, 6.07) is 16.8. The number of non-ortho nitro benzene ring substituents is 1. The van der Waals surface area contributed by atoms with E-state index in [1.54, 1.807) is 60.8 Å². The number of hydrogen-bond donors (Lipinski definition) is 0. The molecule has 0 N–H and O–H groups in total. The van der Waals surface area contributed by atoms with Crippen LogP contribution in [0.2, 0.25) is 10.0 Å². The van der Waals surface area contributed by atoms with Gasteiger partial charge in [-0.25, -0.2) is 4.98 Å². The number of halogens is 2. The number of aliphatic imine (C=N–C) groups is 1. The lowest BCUT2D eigenvalue weighted by Gasteiger charge is -1.99. The summed E-state index contributed by atoms with van der Waals surface area (Å²) in [6.07, 6.45) is 5.20. The summed E-state index contributed by atoms with van der Waals surface area (Å²) in [5, 5.41) is 11.7. The number of aromatic nitrogens is 1. The molecule has 0 spiro atoms. The second-order valence-electron chi connectivity index (χ2n) is 6.28. The fourth-order valence-corrected chi connectivity index (χ4v) is 3.13. The highest BCUT2D eigenvalue weighted by atomic mass is 35.5. The summed E-state index contributed by atoms with van der Waals surface area (Å²) in [4.78, 5) is 19.1. The van der Waals surface area contributed by atoms with Crippen molar-refractivity contribution in [3.05, 3.63) is 92.5 Å². The number of fused-ring (bicyclic) bond motifs is 1. The smallest absolute Gasteiger partial charge is 0.269 e. The minimum absolute atomic E-state index is 0.0557. The Labute approximate surface area is 181 Å². The summed E-state index contributed by atoms with van der Waals surface area (Å²) in [5.74, 6) is 0.386. The summed E-state index contributed by atoms with van der Waals surface area (Å²) in [5.41, 5.74) is 3.48. The molecule has 0 bridgehead atoms. The van der Waals surface area contributed by atoms with Gasteiger partial charge in [-0.15, -0.1) is 0 Å². The van der Waals surface area contributed by atoms with Crippen molar-refractivity contribution in [2.75, 3.05) is 0 Å².